The van der Waals surface area contributed by atoms with E-state index in [9.17, 15) is 0 Å². The fourth-order valence-electron chi connectivity index (χ4n) is 4.18. The van der Waals surface area contributed by atoms with Crippen LogP contribution in [0, 0.1) is 0 Å². The van der Waals surface area contributed by atoms with Gasteiger partial charge in [-0.2, -0.15) is 0 Å². The van der Waals surface area contributed by atoms with Crippen LogP contribution in [-0.4, -0.2) is 37.8 Å². The highest BCUT2D eigenvalue weighted by Gasteiger charge is 2.34. The molecule has 0 saturated carbocycles. The van der Waals surface area contributed by atoms with Crippen LogP contribution in [0.5, 0.6) is 0 Å². The third-order valence-electron chi connectivity index (χ3n) is 4.84. The van der Waals surface area contributed by atoms with Gasteiger partial charge in [-0.15, -0.1) is 0 Å². The average molecular weight is 374 g/mol. The van der Waals surface area contributed by atoms with Crippen LogP contribution in [0.4, 0.5) is 0 Å². The van der Waals surface area contributed by atoms with Crippen molar-refractivity contribution < 1.29 is 4.58 Å². The Labute approximate surface area is 169 Å². The number of rotatable bonds is 3. The van der Waals surface area contributed by atoms with Crippen LogP contribution < -0.4 is 0 Å². The molecule has 154 valence electrons. The van der Waals surface area contributed by atoms with Gasteiger partial charge < -0.3 is 4.90 Å². The van der Waals surface area contributed by atoms with Gasteiger partial charge in [0, 0.05) is 23.4 Å². The zero-order chi connectivity index (χ0) is 21.3. The van der Waals surface area contributed by atoms with Crippen LogP contribution in [0.1, 0.15) is 95.9 Å². The molecule has 0 amide bonds. The summed E-state index contributed by atoms with van der Waals surface area (Å²) in [6, 6.07) is 0. The van der Waals surface area contributed by atoms with Crippen molar-refractivity contribution >= 4 is 6.21 Å². The van der Waals surface area contributed by atoms with Gasteiger partial charge in [0.2, 0.25) is 0 Å². The van der Waals surface area contributed by atoms with E-state index in [1.54, 1.807) is 0 Å². The molecule has 0 saturated heterocycles. The maximum Gasteiger partial charge on any atom is 0.164 e. The molecule has 1 aliphatic rings. The van der Waals surface area contributed by atoms with Crippen molar-refractivity contribution in [2.45, 2.75) is 118 Å². The molecule has 0 bridgehead atoms. The largest absolute Gasteiger partial charge is 0.368 e. The third kappa shape index (κ3) is 7.31. The number of hydrogen-bond donors (Lipinski definition) is 0. The first-order valence-electron chi connectivity index (χ1n) is 10.4. The topological polar surface area (TPSA) is 6.25 Å². The molecule has 0 aliphatic heterocycles. The van der Waals surface area contributed by atoms with Gasteiger partial charge >= 0.3 is 0 Å². The Hall–Kier alpha value is -1.31. The fraction of sp³-hybridized carbons (Fsp3) is 0.720. The minimum Gasteiger partial charge on any atom is -0.368 e. The van der Waals surface area contributed by atoms with Crippen LogP contribution in [0.2, 0.25) is 0 Å². The van der Waals surface area contributed by atoms with Gasteiger partial charge in [-0.25, -0.2) is 4.58 Å². The molecule has 0 aromatic carbocycles. The van der Waals surface area contributed by atoms with E-state index < -0.39 is 0 Å². The number of nitrogens with zero attached hydrogens (tertiary/aromatic N) is 2. The number of allylic oxidation sites excluding steroid dienone is 5. The second-order valence-electron chi connectivity index (χ2n) is 11.8. The highest BCUT2D eigenvalue weighted by molar-refractivity contribution is 5.69. The van der Waals surface area contributed by atoms with Gasteiger partial charge in [0.15, 0.2) is 17.3 Å². The highest BCUT2D eigenvalue weighted by atomic mass is 15.2. The molecule has 1 rings (SSSR count). The summed E-state index contributed by atoms with van der Waals surface area (Å²) in [5.41, 5.74) is 3.29. The molecular weight excluding hydrogens is 328 g/mol. The third-order valence-corrected chi connectivity index (χ3v) is 4.84. The Morgan fingerprint density at radius 3 is 1.67 bits per heavy atom. The van der Waals surface area contributed by atoms with E-state index in [-0.39, 0.29) is 22.2 Å². The minimum atomic E-state index is 0.111. The summed E-state index contributed by atoms with van der Waals surface area (Å²) in [7, 11) is 0. The first-order valence-corrected chi connectivity index (χ1v) is 10.4. The molecule has 0 aromatic heterocycles. The Kier molecular flexibility index (Phi) is 7.01. The first-order chi connectivity index (χ1) is 11.9. The summed E-state index contributed by atoms with van der Waals surface area (Å²) in [5.74, 6) is 0. The summed E-state index contributed by atoms with van der Waals surface area (Å²) >= 11 is 0. The molecule has 0 unspecified atom stereocenters. The molecule has 0 fully saturated rings. The lowest BCUT2D eigenvalue weighted by Gasteiger charge is -2.45. The molecular formula is C25H45N2+. The van der Waals surface area contributed by atoms with E-state index in [1.165, 1.54) is 11.1 Å². The Morgan fingerprint density at radius 2 is 1.26 bits per heavy atom. The summed E-state index contributed by atoms with van der Waals surface area (Å²) in [4.78, 5) is 2.45. The van der Waals surface area contributed by atoms with Gasteiger partial charge in [0.25, 0.3) is 0 Å². The zero-order valence-electron chi connectivity index (χ0n) is 20.2. The Bertz CT molecular complexity index is 600. The standard InChI is InChI=1S/C25H45N2/c1-22(2,3)26(23(4,5)6)17-15-20-13-14-21(19-20)16-18-27(24(7,8)9)25(10,11)12/h15-19H,13-14H2,1-12H3/q+1. The summed E-state index contributed by atoms with van der Waals surface area (Å²) in [6.45, 7) is 27.3. The van der Waals surface area contributed by atoms with Crippen molar-refractivity contribution in [3.05, 3.63) is 35.6 Å². The quantitative estimate of drug-likeness (QED) is 0.393. The minimum absolute atomic E-state index is 0.111. The number of hydrogen-bond acceptors (Lipinski definition) is 1. The Morgan fingerprint density at radius 1 is 0.778 bits per heavy atom. The van der Waals surface area contributed by atoms with Crippen LogP contribution >= 0.6 is 0 Å². The molecule has 0 N–H and O–H groups in total. The zero-order valence-corrected chi connectivity index (χ0v) is 20.2. The van der Waals surface area contributed by atoms with E-state index in [2.05, 4.69) is 123 Å². The van der Waals surface area contributed by atoms with Crippen molar-refractivity contribution in [3.8, 4) is 0 Å². The van der Waals surface area contributed by atoms with Crippen molar-refractivity contribution in [3.63, 3.8) is 0 Å². The molecule has 27 heavy (non-hydrogen) atoms. The van der Waals surface area contributed by atoms with Crippen molar-refractivity contribution in [2.24, 2.45) is 0 Å². The van der Waals surface area contributed by atoms with Crippen LogP contribution in [0.3, 0.4) is 0 Å². The summed E-state index contributed by atoms with van der Waals surface area (Å²) in [6.07, 6.45) is 13.8. The maximum atomic E-state index is 2.45. The van der Waals surface area contributed by atoms with Crippen LogP contribution in [0.15, 0.2) is 35.6 Å². The molecule has 0 atom stereocenters. The predicted molar refractivity (Wildman–Crippen MR) is 122 cm³/mol. The van der Waals surface area contributed by atoms with Crippen molar-refractivity contribution in [1.29, 1.82) is 0 Å². The van der Waals surface area contributed by atoms with Crippen LogP contribution in [0.25, 0.3) is 0 Å². The van der Waals surface area contributed by atoms with E-state index in [1.807, 2.05) is 0 Å². The first kappa shape index (κ1) is 23.7. The molecule has 2 heteroatoms. The normalized spacial score (nSPS) is 18.2. The predicted octanol–water partition coefficient (Wildman–Crippen LogP) is 6.73. The molecule has 2 nitrogen and oxygen atoms in total. The van der Waals surface area contributed by atoms with Gasteiger partial charge in [0.1, 0.15) is 0 Å². The molecule has 0 spiro atoms. The average Bonchev–Trinajstić information content (AvgIpc) is 2.80. The lowest BCUT2D eigenvalue weighted by atomic mass is 9.96. The van der Waals surface area contributed by atoms with Gasteiger partial charge in [0.05, 0.1) is 0 Å². The fourth-order valence-corrected chi connectivity index (χ4v) is 4.18. The molecule has 1 aliphatic carbocycles. The molecule has 0 heterocycles. The van der Waals surface area contributed by atoms with Crippen molar-refractivity contribution in [2.75, 3.05) is 0 Å². The van der Waals surface area contributed by atoms with Crippen LogP contribution in [-0.2, 0) is 0 Å². The highest BCUT2D eigenvalue weighted by Crippen LogP contribution is 2.28. The molecule has 0 aromatic rings. The molecule has 0 radical (unpaired) electrons. The lowest BCUT2D eigenvalue weighted by Crippen LogP contribution is -2.48. The van der Waals surface area contributed by atoms with E-state index in [4.69, 9.17) is 0 Å². The van der Waals surface area contributed by atoms with E-state index >= 15 is 0 Å². The van der Waals surface area contributed by atoms with Gasteiger partial charge in [-0.3, -0.25) is 0 Å². The lowest BCUT2D eigenvalue weighted by molar-refractivity contribution is -0.652. The monoisotopic (exact) mass is 373 g/mol. The smallest absolute Gasteiger partial charge is 0.164 e. The second kappa shape index (κ2) is 7.97. The summed E-state index contributed by atoms with van der Waals surface area (Å²) < 4.78 is 2.45. The van der Waals surface area contributed by atoms with E-state index in [0.717, 1.165) is 12.8 Å². The van der Waals surface area contributed by atoms with Crippen molar-refractivity contribution in [1.82, 2.24) is 4.90 Å². The SMILES string of the molecule is CC(C)(C)N(/C=C/C1=CC(=C/C=[N+](C(C)(C)C)C(C)(C)C)/CC1)C(C)(C)C. The maximum absolute atomic E-state index is 2.45. The Balaban J connectivity index is 3.06. The van der Waals surface area contributed by atoms with Gasteiger partial charge in [-0.1, -0.05) is 6.08 Å². The van der Waals surface area contributed by atoms with Gasteiger partial charge in [-0.05, 0) is 113 Å². The summed E-state index contributed by atoms with van der Waals surface area (Å²) in [5, 5.41) is 0. The van der Waals surface area contributed by atoms with E-state index in [0.29, 0.717) is 0 Å². The second-order valence-corrected chi connectivity index (χ2v) is 11.8.